The smallest absolute Gasteiger partial charge is 0.270 e. The fourth-order valence-electron chi connectivity index (χ4n) is 3.67. The highest BCUT2D eigenvalue weighted by molar-refractivity contribution is 6.05. The zero-order valence-electron chi connectivity index (χ0n) is 19.2. The average molecular weight is 476 g/mol. The number of furan rings is 1. The molecule has 1 aliphatic rings. The summed E-state index contributed by atoms with van der Waals surface area (Å²) in [5.74, 6) is -0.217. The fourth-order valence-corrected chi connectivity index (χ4v) is 3.67. The highest BCUT2D eigenvalue weighted by atomic mass is 16.6. The van der Waals surface area contributed by atoms with Crippen LogP contribution in [0.2, 0.25) is 0 Å². The standard InChI is InChI=1S/C26H25N3O6/c1-17-7-9-18(10-8-17)25(30)28-23(26(31)27-16-22-6-3-13-34-22)15-21-11-12-24(35-21)19-4-2-5-20(14-19)29(32)33/h2,4-5,7-12,14-15,22H,3,6,13,16H2,1H3,(H,27,31)(H,28,30). The van der Waals surface area contributed by atoms with Crippen molar-refractivity contribution >= 4 is 23.6 Å². The van der Waals surface area contributed by atoms with Crippen LogP contribution in [0.15, 0.2) is 70.8 Å². The Kier molecular flexibility index (Phi) is 7.37. The van der Waals surface area contributed by atoms with Crippen molar-refractivity contribution < 1.29 is 23.7 Å². The van der Waals surface area contributed by atoms with Gasteiger partial charge in [0.2, 0.25) is 0 Å². The van der Waals surface area contributed by atoms with Gasteiger partial charge in [0.05, 0.1) is 11.0 Å². The predicted molar refractivity (Wildman–Crippen MR) is 129 cm³/mol. The van der Waals surface area contributed by atoms with Crippen LogP contribution in [-0.4, -0.2) is 36.0 Å². The van der Waals surface area contributed by atoms with Crippen molar-refractivity contribution in [3.63, 3.8) is 0 Å². The van der Waals surface area contributed by atoms with Crippen molar-refractivity contribution in [2.45, 2.75) is 25.9 Å². The van der Waals surface area contributed by atoms with Gasteiger partial charge in [-0.15, -0.1) is 0 Å². The molecule has 9 nitrogen and oxygen atoms in total. The number of hydrogen-bond donors (Lipinski definition) is 2. The molecule has 3 aromatic rings. The lowest BCUT2D eigenvalue weighted by Crippen LogP contribution is -2.38. The average Bonchev–Trinajstić information content (AvgIpc) is 3.55. The van der Waals surface area contributed by atoms with Crippen LogP contribution in [0.3, 0.4) is 0 Å². The Morgan fingerprint density at radius 3 is 2.66 bits per heavy atom. The van der Waals surface area contributed by atoms with Crippen molar-refractivity contribution in [3.8, 4) is 11.3 Å². The Morgan fingerprint density at radius 2 is 1.94 bits per heavy atom. The van der Waals surface area contributed by atoms with Gasteiger partial charge in [0.1, 0.15) is 17.2 Å². The lowest BCUT2D eigenvalue weighted by atomic mass is 10.1. The van der Waals surface area contributed by atoms with Gasteiger partial charge in [0, 0.05) is 42.5 Å². The van der Waals surface area contributed by atoms with Crippen LogP contribution in [0.1, 0.15) is 34.5 Å². The maximum absolute atomic E-state index is 13.0. The molecule has 2 N–H and O–H groups in total. The van der Waals surface area contributed by atoms with Crippen molar-refractivity contribution in [2.24, 2.45) is 0 Å². The van der Waals surface area contributed by atoms with Crippen LogP contribution in [-0.2, 0) is 9.53 Å². The van der Waals surface area contributed by atoms with E-state index in [1.54, 1.807) is 36.4 Å². The third kappa shape index (κ3) is 6.21. The predicted octanol–water partition coefficient (Wildman–Crippen LogP) is 4.23. The topological polar surface area (TPSA) is 124 Å². The molecule has 1 aromatic heterocycles. The van der Waals surface area contributed by atoms with Gasteiger partial charge >= 0.3 is 0 Å². The fraction of sp³-hybridized carbons (Fsp3) is 0.231. The van der Waals surface area contributed by atoms with Gasteiger partial charge in [-0.2, -0.15) is 0 Å². The number of rotatable bonds is 8. The summed E-state index contributed by atoms with van der Waals surface area (Å²) in [6.07, 6.45) is 3.18. The summed E-state index contributed by atoms with van der Waals surface area (Å²) < 4.78 is 11.4. The second-order valence-corrected chi connectivity index (χ2v) is 8.23. The summed E-state index contributed by atoms with van der Waals surface area (Å²) >= 11 is 0. The molecule has 0 saturated carbocycles. The number of benzene rings is 2. The molecule has 1 atom stereocenters. The van der Waals surface area contributed by atoms with Gasteiger partial charge < -0.3 is 19.8 Å². The molecule has 1 fully saturated rings. The molecule has 0 aliphatic carbocycles. The molecule has 180 valence electrons. The molecule has 9 heteroatoms. The molecule has 35 heavy (non-hydrogen) atoms. The van der Waals surface area contributed by atoms with Crippen molar-refractivity contribution in [3.05, 3.63) is 93.4 Å². The summed E-state index contributed by atoms with van der Waals surface area (Å²) in [6.45, 7) is 2.91. The molecule has 2 aromatic carbocycles. The first kappa shape index (κ1) is 23.9. The van der Waals surface area contributed by atoms with E-state index in [-0.39, 0.29) is 17.5 Å². The number of aryl methyl sites for hydroxylation is 1. The molecule has 0 spiro atoms. The molecular weight excluding hydrogens is 450 g/mol. The molecule has 1 unspecified atom stereocenters. The normalized spacial score (nSPS) is 15.6. The molecule has 0 bridgehead atoms. The summed E-state index contributed by atoms with van der Waals surface area (Å²) in [5.41, 5.74) is 1.89. The number of carbonyl (C=O) groups is 2. The maximum atomic E-state index is 13.0. The number of nitro benzene ring substituents is 1. The lowest BCUT2D eigenvalue weighted by molar-refractivity contribution is -0.384. The second-order valence-electron chi connectivity index (χ2n) is 8.23. The number of non-ortho nitro benzene ring substituents is 1. The largest absolute Gasteiger partial charge is 0.457 e. The number of nitrogens with zero attached hydrogens (tertiary/aromatic N) is 1. The number of ether oxygens (including phenoxy) is 1. The van der Waals surface area contributed by atoms with E-state index < -0.39 is 16.7 Å². The quantitative estimate of drug-likeness (QED) is 0.285. The van der Waals surface area contributed by atoms with Crippen molar-refractivity contribution in [2.75, 3.05) is 13.2 Å². The number of nitrogens with one attached hydrogen (secondary N) is 2. The highest BCUT2D eigenvalue weighted by Crippen LogP contribution is 2.26. The third-order valence-corrected chi connectivity index (χ3v) is 5.58. The van der Waals surface area contributed by atoms with Crippen LogP contribution < -0.4 is 10.6 Å². The first-order valence-corrected chi connectivity index (χ1v) is 11.2. The SMILES string of the molecule is Cc1ccc(C(=O)NC(=Cc2ccc(-c3cccc([N+](=O)[O-])c3)o2)C(=O)NCC2CCCO2)cc1. The minimum absolute atomic E-state index is 0.00788. The Labute approximate surface area is 201 Å². The molecule has 2 amide bonds. The molecule has 2 heterocycles. The van der Waals surface area contributed by atoms with E-state index >= 15 is 0 Å². The van der Waals surface area contributed by atoms with E-state index in [1.165, 1.54) is 18.2 Å². The van der Waals surface area contributed by atoms with E-state index in [0.29, 0.717) is 35.8 Å². The number of hydrogen-bond acceptors (Lipinski definition) is 6. The maximum Gasteiger partial charge on any atom is 0.270 e. The van der Waals surface area contributed by atoms with Crippen LogP contribution in [0, 0.1) is 17.0 Å². The lowest BCUT2D eigenvalue weighted by Gasteiger charge is -2.13. The van der Waals surface area contributed by atoms with Crippen LogP contribution in [0.5, 0.6) is 0 Å². The summed E-state index contributed by atoms with van der Waals surface area (Å²) in [7, 11) is 0. The Balaban J connectivity index is 1.57. The van der Waals surface area contributed by atoms with Crippen molar-refractivity contribution in [1.29, 1.82) is 0 Å². The first-order valence-electron chi connectivity index (χ1n) is 11.2. The van der Waals surface area contributed by atoms with Gasteiger partial charge in [-0.3, -0.25) is 19.7 Å². The number of amides is 2. The molecule has 1 saturated heterocycles. The molecule has 0 radical (unpaired) electrons. The van der Waals surface area contributed by atoms with E-state index in [1.807, 2.05) is 19.1 Å². The molecule has 4 rings (SSSR count). The zero-order valence-corrected chi connectivity index (χ0v) is 19.2. The minimum atomic E-state index is -0.482. The Bertz CT molecular complexity index is 1260. The van der Waals surface area contributed by atoms with Gasteiger partial charge in [-0.05, 0) is 44.0 Å². The molecule has 1 aliphatic heterocycles. The van der Waals surface area contributed by atoms with Crippen LogP contribution >= 0.6 is 0 Å². The summed E-state index contributed by atoms with van der Waals surface area (Å²) in [4.78, 5) is 36.3. The number of carbonyl (C=O) groups excluding carboxylic acids is 2. The van der Waals surface area contributed by atoms with Gasteiger partial charge in [-0.1, -0.05) is 29.8 Å². The van der Waals surface area contributed by atoms with Crippen molar-refractivity contribution in [1.82, 2.24) is 10.6 Å². The third-order valence-electron chi connectivity index (χ3n) is 5.58. The summed E-state index contributed by atoms with van der Waals surface area (Å²) in [5, 5.41) is 16.6. The van der Waals surface area contributed by atoms with Gasteiger partial charge in [0.25, 0.3) is 17.5 Å². The van der Waals surface area contributed by atoms with Gasteiger partial charge in [0.15, 0.2) is 0 Å². The highest BCUT2D eigenvalue weighted by Gasteiger charge is 2.20. The van der Waals surface area contributed by atoms with Gasteiger partial charge in [-0.25, -0.2) is 0 Å². The first-order chi connectivity index (χ1) is 16.9. The monoisotopic (exact) mass is 475 g/mol. The Hall–Kier alpha value is -4.24. The van der Waals surface area contributed by atoms with E-state index in [0.717, 1.165) is 18.4 Å². The summed E-state index contributed by atoms with van der Waals surface area (Å²) in [6, 6.07) is 16.3. The second kappa shape index (κ2) is 10.8. The Morgan fingerprint density at radius 1 is 1.14 bits per heavy atom. The minimum Gasteiger partial charge on any atom is -0.457 e. The van der Waals surface area contributed by atoms with Crippen LogP contribution in [0.4, 0.5) is 5.69 Å². The molecular formula is C26H25N3O6. The van der Waals surface area contributed by atoms with Crippen LogP contribution in [0.25, 0.3) is 17.4 Å². The van der Waals surface area contributed by atoms with E-state index in [9.17, 15) is 19.7 Å². The number of nitro groups is 1. The van der Waals surface area contributed by atoms with E-state index in [4.69, 9.17) is 9.15 Å². The van der Waals surface area contributed by atoms with E-state index in [2.05, 4.69) is 10.6 Å². The zero-order chi connectivity index (χ0) is 24.8.